The highest BCUT2D eigenvalue weighted by Gasteiger charge is 2.22. The van der Waals surface area contributed by atoms with Gasteiger partial charge in [0.05, 0.1) is 11.0 Å². The van der Waals surface area contributed by atoms with E-state index < -0.39 is 16.2 Å². The predicted molar refractivity (Wildman–Crippen MR) is 97.4 cm³/mol. The molecule has 0 amide bonds. The summed E-state index contributed by atoms with van der Waals surface area (Å²) in [6.07, 6.45) is 1.51. The molecule has 0 saturated carbocycles. The molecule has 24 heavy (non-hydrogen) atoms. The molecule has 0 aliphatic carbocycles. The summed E-state index contributed by atoms with van der Waals surface area (Å²) < 4.78 is 30.5. The molecule has 0 fully saturated rings. The molecule has 1 unspecified atom stereocenters. The van der Waals surface area contributed by atoms with Gasteiger partial charge in [0.1, 0.15) is 0 Å². The van der Waals surface area contributed by atoms with Gasteiger partial charge >= 0.3 is 0 Å². The summed E-state index contributed by atoms with van der Waals surface area (Å²) in [4.78, 5) is 0.194. The molecule has 128 valence electrons. The highest BCUT2D eigenvalue weighted by molar-refractivity contribution is 7.86. The summed E-state index contributed by atoms with van der Waals surface area (Å²) in [7, 11) is -3.77. The summed E-state index contributed by atoms with van der Waals surface area (Å²) in [5, 5.41) is 0. The number of rotatable bonds is 8. The smallest absolute Gasteiger partial charge is 0.263 e. The van der Waals surface area contributed by atoms with Crippen molar-refractivity contribution in [3.05, 3.63) is 77.9 Å². The molecule has 3 nitrogen and oxygen atoms in total. The van der Waals surface area contributed by atoms with Gasteiger partial charge in [0.2, 0.25) is 0 Å². The zero-order valence-electron chi connectivity index (χ0n) is 14.2. The van der Waals surface area contributed by atoms with E-state index in [1.165, 1.54) is 5.56 Å². The van der Waals surface area contributed by atoms with E-state index in [1.807, 2.05) is 44.2 Å². The molecular weight excluding hydrogens is 320 g/mol. The van der Waals surface area contributed by atoms with Crippen molar-refractivity contribution < 1.29 is 12.6 Å². The summed E-state index contributed by atoms with van der Waals surface area (Å²) in [6, 6.07) is 16.7. The molecule has 0 bridgehead atoms. The van der Waals surface area contributed by atoms with Crippen molar-refractivity contribution in [2.45, 2.75) is 44.1 Å². The number of hydrogen-bond acceptors (Lipinski definition) is 3. The predicted octanol–water partition coefficient (Wildman–Crippen LogP) is 4.67. The molecular formula is C20H24O3S. The number of benzene rings is 2. The maximum Gasteiger partial charge on any atom is 0.297 e. The lowest BCUT2D eigenvalue weighted by Gasteiger charge is -2.18. The van der Waals surface area contributed by atoms with E-state index in [0.29, 0.717) is 12.8 Å². The average Bonchev–Trinajstić information content (AvgIpc) is 2.53. The minimum atomic E-state index is -3.77. The maximum atomic E-state index is 12.5. The van der Waals surface area contributed by atoms with Gasteiger partial charge in [-0.05, 0) is 50.8 Å². The Morgan fingerprint density at radius 2 is 1.71 bits per heavy atom. The van der Waals surface area contributed by atoms with Crippen molar-refractivity contribution in [1.29, 1.82) is 0 Å². The zero-order valence-corrected chi connectivity index (χ0v) is 15.1. The number of aryl methyl sites for hydroxylation is 2. The number of hydrogen-bond donors (Lipinski definition) is 0. The van der Waals surface area contributed by atoms with Crippen molar-refractivity contribution in [2.75, 3.05) is 0 Å². The summed E-state index contributed by atoms with van der Waals surface area (Å²) >= 11 is 0. The fourth-order valence-corrected chi connectivity index (χ4v) is 3.59. The third kappa shape index (κ3) is 5.62. The first-order chi connectivity index (χ1) is 11.4. The second-order valence-corrected chi connectivity index (χ2v) is 7.74. The van der Waals surface area contributed by atoms with E-state index in [-0.39, 0.29) is 4.90 Å². The van der Waals surface area contributed by atoms with Crippen LogP contribution in [0.1, 0.15) is 30.9 Å². The quantitative estimate of drug-likeness (QED) is 0.516. The molecule has 0 heterocycles. The van der Waals surface area contributed by atoms with Gasteiger partial charge in [-0.25, -0.2) is 0 Å². The van der Waals surface area contributed by atoms with E-state index >= 15 is 0 Å². The maximum absolute atomic E-state index is 12.5. The Labute approximate surface area is 145 Å². The Bertz CT molecular complexity index is 762. The lowest BCUT2D eigenvalue weighted by Crippen LogP contribution is -2.20. The molecule has 2 aromatic rings. The van der Waals surface area contributed by atoms with Crippen molar-refractivity contribution in [2.24, 2.45) is 0 Å². The summed E-state index contributed by atoms with van der Waals surface area (Å²) in [5.41, 5.74) is 3.09. The molecule has 0 saturated heterocycles. The van der Waals surface area contributed by atoms with Gasteiger partial charge in [-0.3, -0.25) is 4.18 Å². The van der Waals surface area contributed by atoms with Gasteiger partial charge in [0.25, 0.3) is 10.1 Å². The van der Waals surface area contributed by atoms with Crippen LogP contribution in [0.15, 0.2) is 71.6 Å². The SMILES string of the molecule is C=C(C)CC(CCc1ccccc1)OS(=O)(=O)c1ccc(C)cc1. The standard InChI is InChI=1S/C20H24O3S/c1-16(2)15-19(12-11-18-7-5-4-6-8-18)23-24(21,22)20-13-9-17(3)10-14-20/h4-10,13-14,19H,1,11-12,15H2,2-3H3. The molecule has 4 heteroatoms. The molecule has 0 aliphatic heterocycles. The molecule has 0 aliphatic rings. The van der Waals surface area contributed by atoms with Crippen molar-refractivity contribution >= 4 is 10.1 Å². The van der Waals surface area contributed by atoms with Crippen LogP contribution in [0.3, 0.4) is 0 Å². The van der Waals surface area contributed by atoms with Gasteiger partial charge in [-0.1, -0.05) is 53.6 Å². The Kier molecular flexibility index (Phi) is 6.35. The van der Waals surface area contributed by atoms with E-state index in [1.54, 1.807) is 24.3 Å². The van der Waals surface area contributed by atoms with E-state index in [2.05, 4.69) is 6.58 Å². The van der Waals surface area contributed by atoms with Crippen LogP contribution < -0.4 is 0 Å². The lowest BCUT2D eigenvalue weighted by atomic mass is 10.0. The minimum absolute atomic E-state index is 0.194. The van der Waals surface area contributed by atoms with Crippen molar-refractivity contribution in [3.63, 3.8) is 0 Å². The molecule has 1 atom stereocenters. The fourth-order valence-electron chi connectivity index (χ4n) is 2.48. The van der Waals surface area contributed by atoms with Gasteiger partial charge in [0, 0.05) is 0 Å². The first-order valence-corrected chi connectivity index (χ1v) is 9.46. The highest BCUT2D eigenvalue weighted by Crippen LogP contribution is 2.21. The second-order valence-electron chi connectivity index (χ2n) is 6.17. The van der Waals surface area contributed by atoms with Crippen LogP contribution in [0.5, 0.6) is 0 Å². The molecule has 0 spiro atoms. The van der Waals surface area contributed by atoms with Gasteiger partial charge in [-0.15, -0.1) is 6.58 Å². The van der Waals surface area contributed by atoms with Crippen LogP contribution >= 0.6 is 0 Å². The average molecular weight is 344 g/mol. The third-order valence-electron chi connectivity index (χ3n) is 3.75. The van der Waals surface area contributed by atoms with E-state index in [0.717, 1.165) is 17.6 Å². The summed E-state index contributed by atoms with van der Waals surface area (Å²) in [6.45, 7) is 7.69. The topological polar surface area (TPSA) is 43.4 Å². The largest absolute Gasteiger partial charge is 0.297 e. The fraction of sp³-hybridized carbons (Fsp3) is 0.300. The Morgan fingerprint density at radius 1 is 1.08 bits per heavy atom. The zero-order chi connectivity index (χ0) is 17.6. The van der Waals surface area contributed by atoms with Crippen molar-refractivity contribution in [3.8, 4) is 0 Å². The van der Waals surface area contributed by atoms with Crippen LogP contribution in [0.25, 0.3) is 0 Å². The monoisotopic (exact) mass is 344 g/mol. The molecule has 0 N–H and O–H groups in total. The van der Waals surface area contributed by atoms with Gasteiger partial charge in [-0.2, -0.15) is 8.42 Å². The van der Waals surface area contributed by atoms with E-state index in [9.17, 15) is 8.42 Å². The Balaban J connectivity index is 2.09. The van der Waals surface area contributed by atoms with Crippen LogP contribution in [0.4, 0.5) is 0 Å². The first-order valence-electron chi connectivity index (χ1n) is 8.05. The molecule has 0 aromatic heterocycles. The molecule has 2 aromatic carbocycles. The minimum Gasteiger partial charge on any atom is -0.263 e. The summed E-state index contributed by atoms with van der Waals surface area (Å²) in [5.74, 6) is 0. The van der Waals surface area contributed by atoms with Gasteiger partial charge in [0.15, 0.2) is 0 Å². The van der Waals surface area contributed by atoms with Crippen LogP contribution in [0, 0.1) is 6.92 Å². The van der Waals surface area contributed by atoms with Crippen LogP contribution in [-0.2, 0) is 20.7 Å². The molecule has 2 rings (SSSR count). The van der Waals surface area contributed by atoms with Crippen LogP contribution in [-0.4, -0.2) is 14.5 Å². The van der Waals surface area contributed by atoms with E-state index in [4.69, 9.17) is 4.18 Å². The van der Waals surface area contributed by atoms with Crippen LogP contribution in [0.2, 0.25) is 0 Å². The normalized spacial score (nSPS) is 12.8. The van der Waals surface area contributed by atoms with Gasteiger partial charge < -0.3 is 0 Å². The third-order valence-corrected chi connectivity index (χ3v) is 5.12. The second kappa shape index (κ2) is 8.27. The van der Waals surface area contributed by atoms with Crippen molar-refractivity contribution in [1.82, 2.24) is 0 Å². The highest BCUT2D eigenvalue weighted by atomic mass is 32.2. The Hall–Kier alpha value is -1.91. The first kappa shape index (κ1) is 18.4. The Morgan fingerprint density at radius 3 is 2.29 bits per heavy atom. The molecule has 0 radical (unpaired) electrons. The lowest BCUT2D eigenvalue weighted by molar-refractivity contribution is 0.199.